The van der Waals surface area contributed by atoms with E-state index in [9.17, 15) is 4.79 Å². The first-order valence-electron chi connectivity index (χ1n) is 8.26. The van der Waals surface area contributed by atoms with Crippen molar-refractivity contribution < 1.29 is 4.79 Å². The zero-order valence-electron chi connectivity index (χ0n) is 12.5. The molecular weight excluding hydrogens is 260 g/mol. The molecule has 1 aromatic carbocycles. The van der Waals surface area contributed by atoms with Crippen molar-refractivity contribution in [2.45, 2.75) is 44.9 Å². The van der Waals surface area contributed by atoms with E-state index in [-0.39, 0.29) is 5.91 Å². The number of rotatable bonds is 3. The molecule has 4 aliphatic carbocycles. The second kappa shape index (κ2) is 4.75. The largest absolute Gasteiger partial charge is 0.399 e. The van der Waals surface area contributed by atoms with Crippen LogP contribution in [0.4, 0.5) is 11.4 Å². The van der Waals surface area contributed by atoms with Gasteiger partial charge >= 0.3 is 0 Å². The van der Waals surface area contributed by atoms with Crippen LogP contribution in [0.15, 0.2) is 24.3 Å². The van der Waals surface area contributed by atoms with E-state index in [1.165, 1.54) is 38.5 Å². The summed E-state index contributed by atoms with van der Waals surface area (Å²) in [6, 6.07) is 7.43. The fraction of sp³-hybridized carbons (Fsp3) is 0.611. The van der Waals surface area contributed by atoms with E-state index >= 15 is 0 Å². The molecule has 4 aliphatic rings. The zero-order valence-corrected chi connectivity index (χ0v) is 12.5. The normalized spacial score (nSPS) is 36.7. The molecule has 3 nitrogen and oxygen atoms in total. The lowest BCUT2D eigenvalue weighted by atomic mass is 9.49. The van der Waals surface area contributed by atoms with Gasteiger partial charge in [0.2, 0.25) is 5.91 Å². The molecule has 0 unspecified atom stereocenters. The van der Waals surface area contributed by atoms with Crippen molar-refractivity contribution in [3.63, 3.8) is 0 Å². The van der Waals surface area contributed by atoms with Gasteiger partial charge in [-0.05, 0) is 86.0 Å². The number of benzene rings is 1. The Balaban J connectivity index is 1.43. The minimum Gasteiger partial charge on any atom is -0.399 e. The summed E-state index contributed by atoms with van der Waals surface area (Å²) >= 11 is 0. The Morgan fingerprint density at radius 3 is 2.10 bits per heavy atom. The number of amides is 1. The van der Waals surface area contributed by atoms with Crippen molar-refractivity contribution in [2.75, 3.05) is 11.1 Å². The zero-order chi connectivity index (χ0) is 14.4. The first kappa shape index (κ1) is 13.2. The van der Waals surface area contributed by atoms with Crippen LogP contribution in [-0.2, 0) is 4.79 Å². The van der Waals surface area contributed by atoms with Crippen molar-refractivity contribution in [3.8, 4) is 0 Å². The molecule has 4 saturated carbocycles. The number of nitrogen functional groups attached to an aromatic ring is 1. The van der Waals surface area contributed by atoms with E-state index in [0.717, 1.165) is 29.1 Å². The predicted octanol–water partition coefficient (Wildman–Crippen LogP) is 3.81. The van der Waals surface area contributed by atoms with Gasteiger partial charge in [0.15, 0.2) is 0 Å². The van der Waals surface area contributed by atoms with Crippen molar-refractivity contribution in [1.29, 1.82) is 0 Å². The molecule has 21 heavy (non-hydrogen) atoms. The highest BCUT2D eigenvalue weighted by molar-refractivity contribution is 5.91. The van der Waals surface area contributed by atoms with Crippen LogP contribution in [0, 0.1) is 23.2 Å². The highest BCUT2D eigenvalue weighted by Gasteiger charge is 2.51. The molecule has 1 aromatic rings. The summed E-state index contributed by atoms with van der Waals surface area (Å²) in [6.07, 6.45) is 8.86. The Morgan fingerprint density at radius 2 is 1.57 bits per heavy atom. The van der Waals surface area contributed by atoms with Crippen molar-refractivity contribution in [1.82, 2.24) is 0 Å². The molecule has 0 atom stereocenters. The van der Waals surface area contributed by atoms with Crippen LogP contribution >= 0.6 is 0 Å². The van der Waals surface area contributed by atoms with Crippen molar-refractivity contribution in [2.24, 2.45) is 23.2 Å². The average molecular weight is 284 g/mol. The van der Waals surface area contributed by atoms with Crippen LogP contribution in [0.2, 0.25) is 0 Å². The van der Waals surface area contributed by atoms with E-state index in [1.54, 1.807) is 0 Å². The first-order chi connectivity index (χ1) is 10.1. The Bertz CT molecular complexity index is 514. The van der Waals surface area contributed by atoms with Gasteiger partial charge < -0.3 is 11.1 Å². The molecule has 0 heterocycles. The molecule has 1 amide bonds. The maximum Gasteiger partial charge on any atom is 0.224 e. The maximum absolute atomic E-state index is 12.4. The van der Waals surface area contributed by atoms with Crippen LogP contribution < -0.4 is 11.1 Å². The Morgan fingerprint density at radius 1 is 1.05 bits per heavy atom. The van der Waals surface area contributed by atoms with Gasteiger partial charge in [0.25, 0.3) is 0 Å². The Labute approximate surface area is 126 Å². The molecule has 0 aromatic heterocycles. The van der Waals surface area contributed by atoms with Crippen LogP contribution in [0.1, 0.15) is 44.9 Å². The number of hydrogen-bond acceptors (Lipinski definition) is 2. The molecule has 4 bridgehead atoms. The monoisotopic (exact) mass is 284 g/mol. The van der Waals surface area contributed by atoms with Crippen LogP contribution in [-0.4, -0.2) is 5.91 Å². The smallest absolute Gasteiger partial charge is 0.224 e. The topological polar surface area (TPSA) is 55.1 Å². The second-order valence-corrected chi connectivity index (χ2v) is 7.76. The van der Waals surface area contributed by atoms with Crippen LogP contribution in [0.3, 0.4) is 0 Å². The molecule has 0 radical (unpaired) electrons. The lowest BCUT2D eigenvalue weighted by Crippen LogP contribution is -2.47. The molecule has 112 valence electrons. The minimum absolute atomic E-state index is 0.182. The first-order valence-corrected chi connectivity index (χ1v) is 8.26. The fourth-order valence-corrected chi connectivity index (χ4v) is 5.62. The molecule has 5 rings (SSSR count). The number of nitrogens with two attached hydrogens (primary N) is 1. The SMILES string of the molecule is Nc1ccc(NC(=O)CC23CC4CC(CC(C4)C2)C3)cc1. The summed E-state index contributed by atoms with van der Waals surface area (Å²) in [4.78, 5) is 12.4. The number of carbonyl (C=O) groups excluding carboxylic acids is 1. The van der Waals surface area contributed by atoms with Crippen LogP contribution in [0.25, 0.3) is 0 Å². The Hall–Kier alpha value is -1.51. The summed E-state index contributed by atoms with van der Waals surface area (Å²) in [5.74, 6) is 2.89. The summed E-state index contributed by atoms with van der Waals surface area (Å²) in [7, 11) is 0. The summed E-state index contributed by atoms with van der Waals surface area (Å²) < 4.78 is 0. The van der Waals surface area contributed by atoms with Gasteiger partial charge in [-0.3, -0.25) is 4.79 Å². The van der Waals surface area contributed by atoms with Gasteiger partial charge in [0, 0.05) is 17.8 Å². The quantitative estimate of drug-likeness (QED) is 0.829. The number of nitrogens with one attached hydrogen (secondary N) is 1. The van der Waals surface area contributed by atoms with Gasteiger partial charge in [-0.15, -0.1) is 0 Å². The molecular formula is C18H24N2O. The van der Waals surface area contributed by atoms with E-state index in [4.69, 9.17) is 5.73 Å². The van der Waals surface area contributed by atoms with Gasteiger partial charge in [-0.25, -0.2) is 0 Å². The van der Waals surface area contributed by atoms with E-state index in [1.807, 2.05) is 24.3 Å². The van der Waals surface area contributed by atoms with Gasteiger partial charge in [0.1, 0.15) is 0 Å². The second-order valence-electron chi connectivity index (χ2n) is 7.76. The molecule has 3 N–H and O–H groups in total. The van der Waals surface area contributed by atoms with Gasteiger partial charge in [0.05, 0.1) is 0 Å². The van der Waals surface area contributed by atoms with E-state index in [0.29, 0.717) is 11.8 Å². The number of carbonyl (C=O) groups is 1. The third kappa shape index (κ3) is 2.54. The maximum atomic E-state index is 12.4. The lowest BCUT2D eigenvalue weighted by molar-refractivity contribution is -0.124. The number of hydrogen-bond donors (Lipinski definition) is 2. The minimum atomic E-state index is 0.182. The average Bonchev–Trinajstić information content (AvgIpc) is 2.39. The highest BCUT2D eigenvalue weighted by Crippen LogP contribution is 2.61. The summed E-state index contributed by atoms with van der Waals surface area (Å²) in [5, 5.41) is 3.05. The van der Waals surface area contributed by atoms with E-state index in [2.05, 4.69) is 5.32 Å². The van der Waals surface area contributed by atoms with Gasteiger partial charge in [-0.1, -0.05) is 0 Å². The van der Waals surface area contributed by atoms with Crippen molar-refractivity contribution >= 4 is 17.3 Å². The lowest BCUT2D eigenvalue weighted by Gasteiger charge is -2.56. The third-order valence-electron chi connectivity index (χ3n) is 5.90. The summed E-state index contributed by atoms with van der Waals surface area (Å²) in [6.45, 7) is 0. The van der Waals surface area contributed by atoms with Crippen molar-refractivity contribution in [3.05, 3.63) is 24.3 Å². The standard InChI is InChI=1S/C18H24N2O/c19-15-1-3-16(4-2-15)20-17(21)11-18-8-12-5-13(9-18)7-14(6-12)10-18/h1-4,12-14H,5-11,19H2,(H,20,21). The molecule has 3 heteroatoms. The van der Waals surface area contributed by atoms with E-state index < -0.39 is 0 Å². The van der Waals surface area contributed by atoms with Crippen LogP contribution in [0.5, 0.6) is 0 Å². The summed E-state index contributed by atoms with van der Waals surface area (Å²) in [5.41, 5.74) is 7.58. The molecule has 0 aliphatic heterocycles. The highest BCUT2D eigenvalue weighted by atomic mass is 16.1. The van der Waals surface area contributed by atoms with Gasteiger partial charge in [-0.2, -0.15) is 0 Å². The number of anilines is 2. The molecule has 4 fully saturated rings. The predicted molar refractivity (Wildman–Crippen MR) is 84.7 cm³/mol. The molecule has 0 saturated heterocycles. The molecule has 0 spiro atoms. The Kier molecular flexibility index (Phi) is 2.98. The fourth-order valence-electron chi connectivity index (χ4n) is 5.62. The third-order valence-corrected chi connectivity index (χ3v) is 5.90.